The normalized spacial score (nSPS) is 13.2. The molecule has 98 valence electrons. The molecule has 2 N–H and O–H groups in total. The zero-order valence-electron chi connectivity index (χ0n) is 11.5. The summed E-state index contributed by atoms with van der Waals surface area (Å²) < 4.78 is 7.36. The summed E-state index contributed by atoms with van der Waals surface area (Å²) in [6, 6.07) is 6.19. The molecule has 1 heterocycles. The first-order chi connectivity index (χ1) is 8.52. The van der Waals surface area contributed by atoms with Crippen molar-refractivity contribution >= 4 is 17.0 Å². The number of hydrogen-bond donors (Lipinski definition) is 1. The van der Waals surface area contributed by atoms with E-state index in [0.717, 1.165) is 23.2 Å². The molecule has 1 aromatic heterocycles. The first kappa shape index (κ1) is 12.7. The predicted octanol–water partition coefficient (Wildman–Crippen LogP) is 3.23. The Balaban J connectivity index is 2.50. The number of ether oxygens (including phenoxy) is 1. The van der Waals surface area contributed by atoms with E-state index >= 15 is 0 Å². The Morgan fingerprint density at radius 3 is 2.67 bits per heavy atom. The second kappa shape index (κ2) is 4.88. The summed E-state index contributed by atoms with van der Waals surface area (Å²) in [4.78, 5) is 4.40. The summed E-state index contributed by atoms with van der Waals surface area (Å²) in [5.41, 5.74) is 7.99. The Bertz CT molecular complexity index is 545. The molecule has 0 radical (unpaired) electrons. The molecule has 1 unspecified atom stereocenters. The zero-order valence-corrected chi connectivity index (χ0v) is 11.5. The fourth-order valence-corrected chi connectivity index (χ4v) is 2.47. The molecule has 0 bridgehead atoms. The van der Waals surface area contributed by atoms with E-state index in [1.807, 2.05) is 18.2 Å². The van der Waals surface area contributed by atoms with Gasteiger partial charge in [-0.15, -0.1) is 0 Å². The number of rotatable bonds is 4. The number of methoxy groups -OCH3 is 1. The molecule has 0 spiro atoms. The topological polar surface area (TPSA) is 53.1 Å². The number of nitrogens with zero attached hydrogens (tertiary/aromatic N) is 2. The smallest absolute Gasteiger partial charge is 0.201 e. The van der Waals surface area contributed by atoms with Crippen LogP contribution in [0.25, 0.3) is 11.0 Å². The molecule has 2 rings (SSSR count). The Kier molecular flexibility index (Phi) is 3.45. The Hall–Kier alpha value is -1.71. The molecule has 4 nitrogen and oxygen atoms in total. The van der Waals surface area contributed by atoms with Crippen molar-refractivity contribution < 1.29 is 4.74 Å². The average Bonchev–Trinajstić information content (AvgIpc) is 2.62. The van der Waals surface area contributed by atoms with Crippen LogP contribution in [-0.4, -0.2) is 16.7 Å². The maximum atomic E-state index is 6.03. The molecule has 0 aliphatic rings. The molecule has 0 saturated heterocycles. The number of hydrogen-bond acceptors (Lipinski definition) is 3. The average molecular weight is 247 g/mol. The van der Waals surface area contributed by atoms with E-state index in [-0.39, 0.29) is 0 Å². The standard InChI is InChI=1S/C14H21N3O/c1-9(2)7-10(3)17-13-8-11(18-4)5-6-12(13)16-14(17)15/h5-6,8-10H,7H2,1-4H3,(H2,15,16). The van der Waals surface area contributed by atoms with E-state index in [9.17, 15) is 0 Å². The van der Waals surface area contributed by atoms with Crippen molar-refractivity contribution in [3.63, 3.8) is 0 Å². The number of benzene rings is 1. The van der Waals surface area contributed by atoms with E-state index in [0.29, 0.717) is 17.9 Å². The highest BCUT2D eigenvalue weighted by Crippen LogP contribution is 2.28. The number of fused-ring (bicyclic) bond motifs is 1. The third-order valence-corrected chi connectivity index (χ3v) is 3.18. The minimum atomic E-state index is 0.335. The maximum absolute atomic E-state index is 6.03. The molecule has 0 amide bonds. The minimum absolute atomic E-state index is 0.335. The molecule has 0 aliphatic carbocycles. The second-order valence-corrected chi connectivity index (χ2v) is 5.17. The van der Waals surface area contributed by atoms with Crippen LogP contribution in [0.4, 0.5) is 5.95 Å². The molecule has 2 aromatic rings. The van der Waals surface area contributed by atoms with Crippen LogP contribution in [0.15, 0.2) is 18.2 Å². The highest BCUT2D eigenvalue weighted by atomic mass is 16.5. The van der Waals surface area contributed by atoms with Crippen molar-refractivity contribution in [2.75, 3.05) is 12.8 Å². The van der Waals surface area contributed by atoms with Crippen LogP contribution >= 0.6 is 0 Å². The summed E-state index contributed by atoms with van der Waals surface area (Å²) in [7, 11) is 1.67. The Labute approximate surface area is 108 Å². The number of nitrogen functional groups attached to an aromatic ring is 1. The lowest BCUT2D eigenvalue weighted by Crippen LogP contribution is -2.11. The van der Waals surface area contributed by atoms with Crippen LogP contribution < -0.4 is 10.5 Å². The molecular formula is C14H21N3O. The van der Waals surface area contributed by atoms with Gasteiger partial charge in [0.15, 0.2) is 0 Å². The lowest BCUT2D eigenvalue weighted by molar-refractivity contribution is 0.414. The van der Waals surface area contributed by atoms with Gasteiger partial charge in [0.05, 0.1) is 18.1 Å². The van der Waals surface area contributed by atoms with Crippen molar-refractivity contribution in [1.29, 1.82) is 0 Å². The van der Waals surface area contributed by atoms with Crippen molar-refractivity contribution in [2.45, 2.75) is 33.2 Å². The van der Waals surface area contributed by atoms with Crippen LogP contribution in [0.3, 0.4) is 0 Å². The van der Waals surface area contributed by atoms with E-state index in [2.05, 4.69) is 30.3 Å². The van der Waals surface area contributed by atoms with E-state index in [4.69, 9.17) is 10.5 Å². The van der Waals surface area contributed by atoms with Gasteiger partial charge in [-0.1, -0.05) is 13.8 Å². The van der Waals surface area contributed by atoms with Crippen LogP contribution in [-0.2, 0) is 0 Å². The first-order valence-corrected chi connectivity index (χ1v) is 6.34. The fraction of sp³-hybridized carbons (Fsp3) is 0.500. The number of imidazole rings is 1. The Morgan fingerprint density at radius 1 is 1.33 bits per heavy atom. The van der Waals surface area contributed by atoms with Gasteiger partial charge in [-0.25, -0.2) is 4.98 Å². The van der Waals surface area contributed by atoms with Crippen LogP contribution in [0.2, 0.25) is 0 Å². The number of nitrogens with two attached hydrogens (primary N) is 1. The number of anilines is 1. The van der Waals surface area contributed by atoms with E-state index in [1.54, 1.807) is 7.11 Å². The quantitative estimate of drug-likeness (QED) is 0.902. The highest BCUT2D eigenvalue weighted by Gasteiger charge is 2.15. The van der Waals surface area contributed by atoms with Crippen LogP contribution in [0.1, 0.15) is 33.2 Å². The molecule has 18 heavy (non-hydrogen) atoms. The number of aromatic nitrogens is 2. The lowest BCUT2D eigenvalue weighted by atomic mass is 10.0. The lowest BCUT2D eigenvalue weighted by Gasteiger charge is -2.18. The largest absolute Gasteiger partial charge is 0.497 e. The van der Waals surface area contributed by atoms with Crippen molar-refractivity contribution in [3.8, 4) is 5.75 Å². The Morgan fingerprint density at radius 2 is 2.06 bits per heavy atom. The van der Waals surface area contributed by atoms with E-state index < -0.39 is 0 Å². The highest BCUT2D eigenvalue weighted by molar-refractivity contribution is 5.80. The van der Waals surface area contributed by atoms with Gasteiger partial charge in [0.1, 0.15) is 5.75 Å². The van der Waals surface area contributed by atoms with Gasteiger partial charge < -0.3 is 15.0 Å². The monoisotopic (exact) mass is 247 g/mol. The van der Waals surface area contributed by atoms with Gasteiger partial charge in [-0.05, 0) is 31.4 Å². The van der Waals surface area contributed by atoms with Gasteiger partial charge in [-0.3, -0.25) is 0 Å². The summed E-state index contributed by atoms with van der Waals surface area (Å²) in [6.07, 6.45) is 1.08. The third-order valence-electron chi connectivity index (χ3n) is 3.18. The molecule has 0 aliphatic heterocycles. The van der Waals surface area contributed by atoms with E-state index in [1.165, 1.54) is 0 Å². The fourth-order valence-electron chi connectivity index (χ4n) is 2.47. The third kappa shape index (κ3) is 2.28. The van der Waals surface area contributed by atoms with Crippen molar-refractivity contribution in [3.05, 3.63) is 18.2 Å². The molecular weight excluding hydrogens is 226 g/mol. The predicted molar refractivity (Wildman–Crippen MR) is 74.9 cm³/mol. The molecule has 1 aromatic carbocycles. The van der Waals surface area contributed by atoms with Crippen LogP contribution in [0.5, 0.6) is 5.75 Å². The summed E-state index contributed by atoms with van der Waals surface area (Å²) in [6.45, 7) is 6.61. The molecule has 0 saturated carbocycles. The molecule has 4 heteroatoms. The SMILES string of the molecule is COc1ccc2nc(N)n(C(C)CC(C)C)c2c1. The summed E-state index contributed by atoms with van der Waals surface area (Å²) in [5.74, 6) is 2.04. The first-order valence-electron chi connectivity index (χ1n) is 6.34. The van der Waals surface area contributed by atoms with Gasteiger partial charge >= 0.3 is 0 Å². The van der Waals surface area contributed by atoms with Gasteiger partial charge in [-0.2, -0.15) is 0 Å². The maximum Gasteiger partial charge on any atom is 0.201 e. The minimum Gasteiger partial charge on any atom is -0.497 e. The second-order valence-electron chi connectivity index (χ2n) is 5.17. The summed E-state index contributed by atoms with van der Waals surface area (Å²) >= 11 is 0. The van der Waals surface area contributed by atoms with Crippen molar-refractivity contribution in [1.82, 2.24) is 9.55 Å². The van der Waals surface area contributed by atoms with Gasteiger partial charge in [0, 0.05) is 12.1 Å². The van der Waals surface area contributed by atoms with Crippen molar-refractivity contribution in [2.24, 2.45) is 5.92 Å². The van der Waals surface area contributed by atoms with Crippen LogP contribution in [0, 0.1) is 5.92 Å². The van der Waals surface area contributed by atoms with Gasteiger partial charge in [0.2, 0.25) is 5.95 Å². The molecule has 0 fully saturated rings. The summed E-state index contributed by atoms with van der Waals surface area (Å²) in [5, 5.41) is 0. The molecule has 1 atom stereocenters. The zero-order chi connectivity index (χ0) is 13.3. The van der Waals surface area contributed by atoms with Gasteiger partial charge in [0.25, 0.3) is 0 Å².